The van der Waals surface area contributed by atoms with Gasteiger partial charge in [0.1, 0.15) is 12.1 Å². The number of imide groups is 1. The number of likely N-dealkylation sites (tertiary alicyclic amines) is 2. The van der Waals surface area contributed by atoms with Crippen molar-refractivity contribution in [2.24, 2.45) is 5.41 Å². The van der Waals surface area contributed by atoms with E-state index in [1.807, 2.05) is 0 Å². The van der Waals surface area contributed by atoms with Crippen LogP contribution in [0.2, 0.25) is 0 Å². The summed E-state index contributed by atoms with van der Waals surface area (Å²) in [5.74, 6) is -0.508. The molecule has 8 nitrogen and oxygen atoms in total. The summed E-state index contributed by atoms with van der Waals surface area (Å²) < 4.78 is 0. The number of carbonyl (C=O) groups excluding carboxylic acids is 4. The SMILES string of the molecule is CN1CCCC2(CCN(C(=O)CN3C(=O)NC(=O)C3(C)C)C2)C1=O. The van der Waals surface area contributed by atoms with Crippen LogP contribution in [0, 0.1) is 5.41 Å². The molecule has 3 aliphatic rings. The van der Waals surface area contributed by atoms with E-state index >= 15 is 0 Å². The van der Waals surface area contributed by atoms with E-state index in [0.29, 0.717) is 19.5 Å². The predicted molar refractivity (Wildman–Crippen MR) is 84.8 cm³/mol. The molecule has 3 heterocycles. The zero-order valence-corrected chi connectivity index (χ0v) is 14.4. The fourth-order valence-corrected chi connectivity index (χ4v) is 3.93. The van der Waals surface area contributed by atoms with Gasteiger partial charge in [0.25, 0.3) is 5.91 Å². The lowest BCUT2D eigenvalue weighted by Gasteiger charge is -2.37. The first-order valence-corrected chi connectivity index (χ1v) is 8.34. The summed E-state index contributed by atoms with van der Waals surface area (Å²) in [4.78, 5) is 53.5. The van der Waals surface area contributed by atoms with Gasteiger partial charge < -0.3 is 14.7 Å². The molecule has 132 valence electrons. The minimum atomic E-state index is -1.04. The van der Waals surface area contributed by atoms with Gasteiger partial charge in [-0.25, -0.2) is 4.79 Å². The van der Waals surface area contributed by atoms with Crippen LogP contribution < -0.4 is 5.32 Å². The monoisotopic (exact) mass is 336 g/mol. The van der Waals surface area contributed by atoms with Crippen LogP contribution in [0.5, 0.6) is 0 Å². The van der Waals surface area contributed by atoms with Gasteiger partial charge in [-0.05, 0) is 33.1 Å². The Kier molecular flexibility index (Phi) is 3.80. The predicted octanol–water partition coefficient (Wildman–Crippen LogP) is -0.212. The number of rotatable bonds is 2. The lowest BCUT2D eigenvalue weighted by Crippen LogP contribution is -2.51. The molecule has 0 aromatic carbocycles. The number of piperidine rings is 1. The standard InChI is InChI=1S/C16H24N4O4/c1-15(2)12(22)17-14(24)20(15)9-11(21)19-8-6-16(10-19)5-4-7-18(3)13(16)23/h4-10H2,1-3H3,(H,17,22,24). The third-order valence-corrected chi connectivity index (χ3v) is 5.65. The molecule has 3 fully saturated rings. The van der Waals surface area contributed by atoms with E-state index in [1.165, 1.54) is 4.90 Å². The summed E-state index contributed by atoms with van der Waals surface area (Å²) in [6, 6.07) is -0.541. The molecule has 3 aliphatic heterocycles. The lowest BCUT2D eigenvalue weighted by atomic mass is 9.78. The molecule has 0 saturated carbocycles. The molecule has 0 radical (unpaired) electrons. The molecular formula is C16H24N4O4. The number of amides is 5. The average molecular weight is 336 g/mol. The second-order valence-electron chi connectivity index (χ2n) is 7.58. The van der Waals surface area contributed by atoms with E-state index in [4.69, 9.17) is 0 Å². The molecule has 1 N–H and O–H groups in total. The van der Waals surface area contributed by atoms with Gasteiger partial charge in [-0.3, -0.25) is 19.7 Å². The molecule has 1 spiro atoms. The first-order chi connectivity index (χ1) is 11.2. The molecule has 3 rings (SSSR count). The summed E-state index contributed by atoms with van der Waals surface area (Å²) in [6.07, 6.45) is 2.41. The minimum absolute atomic E-state index is 0.110. The second kappa shape index (κ2) is 5.46. The zero-order valence-electron chi connectivity index (χ0n) is 14.4. The maximum atomic E-state index is 12.6. The van der Waals surface area contributed by atoms with Crippen molar-refractivity contribution >= 4 is 23.8 Å². The molecular weight excluding hydrogens is 312 g/mol. The highest BCUT2D eigenvalue weighted by molar-refractivity contribution is 6.07. The topological polar surface area (TPSA) is 90.0 Å². The molecule has 0 aromatic rings. The molecule has 1 atom stereocenters. The van der Waals surface area contributed by atoms with Crippen molar-refractivity contribution in [3.8, 4) is 0 Å². The van der Waals surface area contributed by atoms with Crippen LogP contribution in [-0.4, -0.2) is 77.2 Å². The van der Waals surface area contributed by atoms with Gasteiger partial charge in [-0.2, -0.15) is 0 Å². The molecule has 0 aromatic heterocycles. The zero-order chi connectivity index (χ0) is 17.7. The van der Waals surface area contributed by atoms with Gasteiger partial charge >= 0.3 is 6.03 Å². The normalized spacial score (nSPS) is 29.6. The smallest absolute Gasteiger partial charge is 0.325 e. The Morgan fingerprint density at radius 1 is 1.17 bits per heavy atom. The maximum Gasteiger partial charge on any atom is 0.325 e. The van der Waals surface area contributed by atoms with Crippen LogP contribution in [-0.2, 0) is 14.4 Å². The van der Waals surface area contributed by atoms with Gasteiger partial charge in [0.05, 0.1) is 5.41 Å². The van der Waals surface area contributed by atoms with Crippen LogP contribution >= 0.6 is 0 Å². The largest absolute Gasteiger partial charge is 0.345 e. The Morgan fingerprint density at radius 3 is 2.50 bits per heavy atom. The van der Waals surface area contributed by atoms with E-state index in [1.54, 1.807) is 30.7 Å². The quantitative estimate of drug-likeness (QED) is 0.707. The number of nitrogens with one attached hydrogen (secondary N) is 1. The number of hydrogen-bond donors (Lipinski definition) is 1. The van der Waals surface area contributed by atoms with E-state index in [0.717, 1.165) is 19.4 Å². The number of urea groups is 1. The second-order valence-corrected chi connectivity index (χ2v) is 7.58. The van der Waals surface area contributed by atoms with E-state index in [-0.39, 0.29) is 18.4 Å². The lowest BCUT2D eigenvalue weighted by molar-refractivity contribution is -0.144. The Balaban J connectivity index is 1.68. The fourth-order valence-electron chi connectivity index (χ4n) is 3.93. The van der Waals surface area contributed by atoms with Crippen LogP contribution in [0.15, 0.2) is 0 Å². The highest BCUT2D eigenvalue weighted by atomic mass is 16.2. The van der Waals surface area contributed by atoms with Gasteiger partial charge in [-0.15, -0.1) is 0 Å². The minimum Gasteiger partial charge on any atom is -0.345 e. The highest BCUT2D eigenvalue weighted by Gasteiger charge is 2.50. The van der Waals surface area contributed by atoms with Crippen molar-refractivity contribution in [3.63, 3.8) is 0 Å². The van der Waals surface area contributed by atoms with Crippen molar-refractivity contribution < 1.29 is 19.2 Å². The Bertz CT molecular complexity index is 617. The summed E-state index contributed by atoms with van der Waals surface area (Å²) in [5.41, 5.74) is -1.51. The van der Waals surface area contributed by atoms with Gasteiger partial charge in [0, 0.05) is 26.7 Å². The Hall–Kier alpha value is -2.12. The molecule has 0 bridgehead atoms. The summed E-state index contributed by atoms with van der Waals surface area (Å²) in [6.45, 7) is 4.77. The van der Waals surface area contributed by atoms with E-state index < -0.39 is 22.9 Å². The summed E-state index contributed by atoms with van der Waals surface area (Å²) in [5, 5.41) is 2.24. The van der Waals surface area contributed by atoms with E-state index in [2.05, 4.69) is 5.32 Å². The number of hydrogen-bond acceptors (Lipinski definition) is 4. The highest BCUT2D eigenvalue weighted by Crippen LogP contribution is 2.39. The molecule has 8 heteroatoms. The fraction of sp³-hybridized carbons (Fsp3) is 0.750. The van der Waals surface area contributed by atoms with Crippen molar-refractivity contribution in [2.45, 2.75) is 38.6 Å². The Morgan fingerprint density at radius 2 is 1.88 bits per heavy atom. The van der Waals surface area contributed by atoms with Crippen LogP contribution in [0.25, 0.3) is 0 Å². The first-order valence-electron chi connectivity index (χ1n) is 8.34. The van der Waals surface area contributed by atoms with Crippen molar-refractivity contribution in [1.29, 1.82) is 0 Å². The van der Waals surface area contributed by atoms with Crippen LogP contribution in [0.1, 0.15) is 33.1 Å². The van der Waals surface area contributed by atoms with Crippen molar-refractivity contribution in [2.75, 3.05) is 33.2 Å². The maximum absolute atomic E-state index is 12.6. The molecule has 24 heavy (non-hydrogen) atoms. The van der Waals surface area contributed by atoms with Crippen molar-refractivity contribution in [1.82, 2.24) is 20.0 Å². The average Bonchev–Trinajstić information content (AvgIpc) is 3.01. The number of nitrogens with zero attached hydrogens (tertiary/aromatic N) is 3. The van der Waals surface area contributed by atoms with Gasteiger partial charge in [-0.1, -0.05) is 0 Å². The molecule has 0 aliphatic carbocycles. The molecule has 1 unspecified atom stereocenters. The van der Waals surface area contributed by atoms with Crippen LogP contribution in [0.3, 0.4) is 0 Å². The van der Waals surface area contributed by atoms with Crippen molar-refractivity contribution in [3.05, 3.63) is 0 Å². The summed E-state index contributed by atoms with van der Waals surface area (Å²) in [7, 11) is 1.80. The summed E-state index contributed by atoms with van der Waals surface area (Å²) >= 11 is 0. The molecule has 3 saturated heterocycles. The van der Waals surface area contributed by atoms with Gasteiger partial charge in [0.15, 0.2) is 0 Å². The third-order valence-electron chi connectivity index (χ3n) is 5.65. The van der Waals surface area contributed by atoms with Gasteiger partial charge in [0.2, 0.25) is 11.8 Å². The number of carbonyl (C=O) groups is 4. The molecule has 5 amide bonds. The Labute approximate surface area is 141 Å². The first kappa shape index (κ1) is 16.7. The van der Waals surface area contributed by atoms with Crippen LogP contribution in [0.4, 0.5) is 4.79 Å². The third kappa shape index (κ3) is 2.44. The van der Waals surface area contributed by atoms with E-state index in [9.17, 15) is 19.2 Å².